The summed E-state index contributed by atoms with van der Waals surface area (Å²) in [5, 5.41) is 0. The summed E-state index contributed by atoms with van der Waals surface area (Å²) in [5.41, 5.74) is -0.472. The Morgan fingerprint density at radius 2 is 1.81 bits per heavy atom. The average Bonchev–Trinajstić information content (AvgIpc) is 2.37. The van der Waals surface area contributed by atoms with Crippen molar-refractivity contribution in [2.24, 2.45) is 0 Å². The van der Waals surface area contributed by atoms with Crippen LogP contribution in [0.4, 0.5) is 17.6 Å². The second kappa shape index (κ2) is 6.18. The molecule has 0 saturated carbocycles. The fraction of sp³-hybridized carbons (Fsp3) is 0.462. The molecule has 0 aliphatic carbocycles. The standard InChI is InChI=1S/C13H15F4O3P/c1-4-19-11(18)13(16,17)12(14,15)9-6-7(2)5-8(3)10(9)20-21/h5-6H,4,21H2,1-3H3. The summed E-state index contributed by atoms with van der Waals surface area (Å²) < 4.78 is 64.6. The van der Waals surface area contributed by atoms with Gasteiger partial charge in [-0.15, -0.1) is 0 Å². The summed E-state index contributed by atoms with van der Waals surface area (Å²) in [6.45, 7) is 3.74. The number of benzene rings is 1. The van der Waals surface area contributed by atoms with E-state index in [1.165, 1.54) is 26.8 Å². The number of carbonyl (C=O) groups excluding carboxylic acids is 1. The molecule has 1 rings (SSSR count). The van der Waals surface area contributed by atoms with Gasteiger partial charge in [0.15, 0.2) is 0 Å². The first kappa shape index (κ1) is 17.7. The van der Waals surface area contributed by atoms with Crippen molar-refractivity contribution in [3.05, 3.63) is 28.8 Å². The Balaban J connectivity index is 3.46. The summed E-state index contributed by atoms with van der Waals surface area (Å²) in [5.74, 6) is -12.5. The number of rotatable bonds is 5. The number of hydrogen-bond acceptors (Lipinski definition) is 3. The van der Waals surface area contributed by atoms with Crippen molar-refractivity contribution in [2.75, 3.05) is 6.61 Å². The van der Waals surface area contributed by atoms with Gasteiger partial charge in [-0.3, -0.25) is 0 Å². The molecule has 0 bridgehead atoms. The van der Waals surface area contributed by atoms with E-state index in [4.69, 9.17) is 4.52 Å². The summed E-state index contributed by atoms with van der Waals surface area (Å²) >= 11 is 0. The van der Waals surface area contributed by atoms with E-state index in [0.29, 0.717) is 5.56 Å². The summed E-state index contributed by atoms with van der Waals surface area (Å²) in [4.78, 5) is 11.2. The minimum absolute atomic E-state index is 0.249. The normalized spacial score (nSPS) is 12.2. The molecule has 1 aromatic carbocycles. The van der Waals surface area contributed by atoms with Crippen LogP contribution in [0.1, 0.15) is 23.6 Å². The number of halogens is 4. The third-order valence-corrected chi connectivity index (χ3v) is 3.04. The van der Waals surface area contributed by atoms with E-state index in [1.807, 2.05) is 0 Å². The topological polar surface area (TPSA) is 35.5 Å². The lowest BCUT2D eigenvalue weighted by Crippen LogP contribution is -2.46. The second-order valence-electron chi connectivity index (χ2n) is 4.45. The van der Waals surface area contributed by atoms with Crippen LogP contribution in [0.2, 0.25) is 0 Å². The van der Waals surface area contributed by atoms with Crippen molar-refractivity contribution in [2.45, 2.75) is 32.6 Å². The second-order valence-corrected chi connectivity index (χ2v) is 4.68. The predicted molar refractivity (Wildman–Crippen MR) is 71.7 cm³/mol. The monoisotopic (exact) mass is 326 g/mol. The lowest BCUT2D eigenvalue weighted by molar-refractivity contribution is -0.233. The predicted octanol–water partition coefficient (Wildman–Crippen LogP) is 3.76. The molecular formula is C13H15F4O3P. The molecule has 0 aliphatic rings. The molecule has 0 aromatic heterocycles. The smallest absolute Gasteiger partial charge is 0.408 e. The van der Waals surface area contributed by atoms with Gasteiger partial charge in [0.2, 0.25) is 0 Å². The molecule has 1 unspecified atom stereocenters. The van der Waals surface area contributed by atoms with Crippen molar-refractivity contribution >= 4 is 15.4 Å². The molecule has 0 amide bonds. The SMILES string of the molecule is CCOC(=O)C(F)(F)C(F)(F)c1cc(C)cc(C)c1OP. The molecule has 0 radical (unpaired) electrons. The number of ether oxygens (including phenoxy) is 1. The molecule has 21 heavy (non-hydrogen) atoms. The van der Waals surface area contributed by atoms with Crippen molar-refractivity contribution < 1.29 is 31.6 Å². The molecule has 1 atom stereocenters. The van der Waals surface area contributed by atoms with Crippen LogP contribution < -0.4 is 4.52 Å². The van der Waals surface area contributed by atoms with Gasteiger partial charge in [-0.25, -0.2) is 4.79 Å². The van der Waals surface area contributed by atoms with E-state index in [2.05, 4.69) is 4.74 Å². The fourth-order valence-electron chi connectivity index (χ4n) is 1.86. The van der Waals surface area contributed by atoms with Crippen LogP contribution in [0.15, 0.2) is 12.1 Å². The van der Waals surface area contributed by atoms with Gasteiger partial charge in [-0.1, -0.05) is 11.6 Å². The molecule has 1 aromatic rings. The van der Waals surface area contributed by atoms with Gasteiger partial charge in [0.25, 0.3) is 0 Å². The van der Waals surface area contributed by atoms with Gasteiger partial charge < -0.3 is 9.26 Å². The zero-order chi connectivity index (χ0) is 16.4. The zero-order valence-corrected chi connectivity index (χ0v) is 12.8. The Morgan fingerprint density at radius 3 is 2.29 bits per heavy atom. The van der Waals surface area contributed by atoms with E-state index >= 15 is 0 Å². The van der Waals surface area contributed by atoms with E-state index in [0.717, 1.165) is 6.07 Å². The molecule has 0 heterocycles. The third kappa shape index (κ3) is 3.12. The number of aryl methyl sites for hydroxylation is 2. The van der Waals surface area contributed by atoms with Crippen LogP contribution in [0.25, 0.3) is 0 Å². The maximum Gasteiger partial charge on any atom is 0.408 e. The molecular weight excluding hydrogens is 311 g/mol. The van der Waals surface area contributed by atoms with Gasteiger partial charge in [0.05, 0.1) is 21.6 Å². The van der Waals surface area contributed by atoms with Crippen LogP contribution in [0.3, 0.4) is 0 Å². The maximum atomic E-state index is 14.2. The first-order valence-electron chi connectivity index (χ1n) is 6.00. The quantitative estimate of drug-likeness (QED) is 0.469. The van der Waals surface area contributed by atoms with Gasteiger partial charge >= 0.3 is 17.8 Å². The lowest BCUT2D eigenvalue weighted by atomic mass is 9.96. The van der Waals surface area contributed by atoms with Crippen molar-refractivity contribution in [1.82, 2.24) is 0 Å². The average molecular weight is 326 g/mol. The molecule has 0 saturated heterocycles. The van der Waals surface area contributed by atoms with Crippen LogP contribution in [0.5, 0.6) is 5.75 Å². The first-order chi connectivity index (χ1) is 9.59. The largest absolute Gasteiger partial charge is 0.480 e. The molecule has 3 nitrogen and oxygen atoms in total. The van der Waals surface area contributed by atoms with E-state index in [-0.39, 0.29) is 5.56 Å². The van der Waals surface area contributed by atoms with E-state index < -0.39 is 35.7 Å². The highest BCUT2D eigenvalue weighted by Gasteiger charge is 2.65. The van der Waals surface area contributed by atoms with Gasteiger partial charge in [-0.05, 0) is 32.4 Å². The lowest BCUT2D eigenvalue weighted by Gasteiger charge is -2.27. The van der Waals surface area contributed by atoms with Gasteiger partial charge in [0.1, 0.15) is 5.75 Å². The Bertz CT molecular complexity index is 546. The molecule has 118 valence electrons. The Hall–Kier alpha value is -1.36. The molecule has 0 N–H and O–H groups in total. The van der Waals surface area contributed by atoms with Gasteiger partial charge in [0, 0.05) is 0 Å². The molecule has 0 spiro atoms. The highest BCUT2D eigenvalue weighted by atomic mass is 31.0. The third-order valence-electron chi connectivity index (χ3n) is 2.80. The number of esters is 1. The van der Waals surface area contributed by atoms with Crippen molar-refractivity contribution in [1.29, 1.82) is 0 Å². The molecule has 8 heteroatoms. The van der Waals surface area contributed by atoms with E-state index in [9.17, 15) is 22.4 Å². The zero-order valence-electron chi connectivity index (χ0n) is 11.7. The minimum atomic E-state index is -5.00. The Morgan fingerprint density at radius 1 is 1.24 bits per heavy atom. The summed E-state index contributed by atoms with van der Waals surface area (Å²) in [6, 6.07) is 2.36. The fourth-order valence-corrected chi connectivity index (χ4v) is 2.18. The highest BCUT2D eigenvalue weighted by molar-refractivity contribution is 7.10. The van der Waals surface area contributed by atoms with Gasteiger partial charge in [-0.2, -0.15) is 17.6 Å². The highest BCUT2D eigenvalue weighted by Crippen LogP contribution is 2.48. The molecule has 0 aliphatic heterocycles. The van der Waals surface area contributed by atoms with Crippen LogP contribution in [0, 0.1) is 13.8 Å². The summed E-state index contributed by atoms with van der Waals surface area (Å²) in [7, 11) is 1.73. The van der Waals surface area contributed by atoms with E-state index in [1.54, 1.807) is 9.47 Å². The van der Waals surface area contributed by atoms with Crippen molar-refractivity contribution in [3.8, 4) is 5.75 Å². The molecule has 0 fully saturated rings. The Labute approximate surface area is 121 Å². The summed E-state index contributed by atoms with van der Waals surface area (Å²) in [6.07, 6.45) is 0. The van der Waals surface area contributed by atoms with Crippen LogP contribution >= 0.6 is 9.47 Å². The maximum absolute atomic E-state index is 14.2. The number of hydrogen-bond donors (Lipinski definition) is 0. The van der Waals surface area contributed by atoms with Crippen LogP contribution in [-0.2, 0) is 15.5 Å². The van der Waals surface area contributed by atoms with Crippen molar-refractivity contribution in [3.63, 3.8) is 0 Å². The number of carbonyl (C=O) groups is 1. The minimum Gasteiger partial charge on any atom is -0.480 e. The first-order valence-corrected chi connectivity index (χ1v) is 6.48. The Kier molecular flexibility index (Phi) is 5.20. The van der Waals surface area contributed by atoms with Crippen LogP contribution in [-0.4, -0.2) is 18.5 Å². The number of alkyl halides is 4.